The van der Waals surface area contributed by atoms with Crippen molar-refractivity contribution >= 4 is 11.9 Å². The number of allylic oxidation sites excluding steroid dienone is 1. The largest absolute Gasteiger partial charge is 0.481 e. The van der Waals surface area contributed by atoms with Crippen molar-refractivity contribution in [2.75, 3.05) is 32.7 Å². The van der Waals surface area contributed by atoms with Crippen molar-refractivity contribution < 1.29 is 19.4 Å². The molecule has 0 radical (unpaired) electrons. The Bertz CT molecular complexity index is 1300. The molecule has 6 nitrogen and oxygen atoms in total. The molecule has 0 bridgehead atoms. The van der Waals surface area contributed by atoms with E-state index in [9.17, 15) is 14.7 Å². The summed E-state index contributed by atoms with van der Waals surface area (Å²) < 4.78 is 6.31. The van der Waals surface area contributed by atoms with E-state index < -0.39 is 11.4 Å². The van der Waals surface area contributed by atoms with E-state index in [4.69, 9.17) is 4.74 Å². The Balaban J connectivity index is 1.15. The van der Waals surface area contributed by atoms with Crippen LogP contribution in [0.1, 0.15) is 158 Å². The van der Waals surface area contributed by atoms with Gasteiger partial charge in [0.05, 0.1) is 12.8 Å². The Morgan fingerprint density at radius 1 is 0.863 bits per heavy atom. The van der Waals surface area contributed by atoms with Crippen molar-refractivity contribution in [3.63, 3.8) is 0 Å². The summed E-state index contributed by atoms with van der Waals surface area (Å²) in [4.78, 5) is 27.3. The molecule has 6 rings (SSSR count). The molecule has 0 amide bonds. The molecule has 290 valence electrons. The van der Waals surface area contributed by atoms with Crippen LogP contribution in [0, 0.1) is 62.1 Å². The van der Waals surface area contributed by atoms with Crippen molar-refractivity contribution in [3.8, 4) is 0 Å². The average Bonchev–Trinajstić information content (AvgIpc) is 3.68. The maximum Gasteiger partial charge on any atom is 0.306 e. The molecule has 2 N–H and O–H groups in total. The SMILES string of the molecule is C=C(C)C1CC[C@]2(CCNCCCN3CCCC3)CC[C@]3(C)[C@H](CC[C@@H]4[C@@]5(C)CC[C@H](OC(=O)CC(C)(C)CC(=O)O)C(C)(C)C5CC[C@]43C)[C@H]12. The van der Waals surface area contributed by atoms with E-state index in [1.165, 1.54) is 109 Å². The molecule has 2 unspecified atom stereocenters. The summed E-state index contributed by atoms with van der Waals surface area (Å²) in [5.41, 5.74) is 2.05. The van der Waals surface area contributed by atoms with Gasteiger partial charge in [-0.3, -0.25) is 9.59 Å². The summed E-state index contributed by atoms with van der Waals surface area (Å²) in [5.74, 6) is 2.30. The molecule has 6 aliphatic rings. The molecule has 51 heavy (non-hydrogen) atoms. The Hall–Kier alpha value is -1.40. The maximum atomic E-state index is 13.2. The molecule has 6 fully saturated rings. The lowest BCUT2D eigenvalue weighted by Gasteiger charge is -2.73. The highest BCUT2D eigenvalue weighted by Gasteiger charge is 2.71. The lowest BCUT2D eigenvalue weighted by molar-refractivity contribution is -0.250. The van der Waals surface area contributed by atoms with Crippen molar-refractivity contribution in [2.45, 2.75) is 164 Å². The minimum Gasteiger partial charge on any atom is -0.481 e. The molecule has 5 saturated carbocycles. The minimum atomic E-state index is -0.863. The van der Waals surface area contributed by atoms with Crippen LogP contribution in [0.15, 0.2) is 12.2 Å². The number of ether oxygens (including phenoxy) is 1. The summed E-state index contributed by atoms with van der Waals surface area (Å²) in [5, 5.41) is 13.3. The Morgan fingerprint density at radius 2 is 1.59 bits per heavy atom. The standard InChI is InChI=1S/C45H76N2O4/c1-31(2)32-15-20-45(23-25-46-24-12-28-47-26-10-11-27-47)22-21-43(8)33(39(32)45)13-14-35-42(7)18-17-36(41(5,6)34(42)16-19-44(35,43)9)51-38(50)30-40(3,4)29-37(48)49/h32-36,39,46H,1,10-30H2,2-9H3,(H,48,49)/t32?,33-,34?,35-,36+,39+,42+,43-,44-,45-/m1/s1. The van der Waals surface area contributed by atoms with Crippen LogP contribution in [-0.2, 0) is 14.3 Å². The second-order valence-corrected chi connectivity index (χ2v) is 21.2. The van der Waals surface area contributed by atoms with Gasteiger partial charge >= 0.3 is 11.9 Å². The number of carbonyl (C=O) groups excluding carboxylic acids is 1. The normalized spacial score (nSPS) is 42.0. The van der Waals surface area contributed by atoms with Crippen LogP contribution >= 0.6 is 0 Å². The smallest absolute Gasteiger partial charge is 0.306 e. The molecule has 0 aromatic rings. The number of esters is 1. The molecule has 5 aliphatic carbocycles. The summed E-state index contributed by atoms with van der Waals surface area (Å²) in [6.45, 7) is 29.7. The van der Waals surface area contributed by atoms with Crippen molar-refractivity contribution in [3.05, 3.63) is 12.2 Å². The van der Waals surface area contributed by atoms with E-state index in [0.29, 0.717) is 34.0 Å². The molecule has 1 heterocycles. The monoisotopic (exact) mass is 709 g/mol. The lowest BCUT2D eigenvalue weighted by Crippen LogP contribution is -2.66. The molecule has 1 aliphatic heterocycles. The van der Waals surface area contributed by atoms with Gasteiger partial charge < -0.3 is 20.1 Å². The summed E-state index contributed by atoms with van der Waals surface area (Å²) in [7, 11) is 0. The second-order valence-electron chi connectivity index (χ2n) is 21.2. The van der Waals surface area contributed by atoms with E-state index in [1.54, 1.807) is 0 Å². The first-order valence-electron chi connectivity index (χ1n) is 21.4. The van der Waals surface area contributed by atoms with Crippen LogP contribution < -0.4 is 5.32 Å². The molecular weight excluding hydrogens is 633 g/mol. The first-order chi connectivity index (χ1) is 23.9. The highest BCUT2D eigenvalue weighted by atomic mass is 16.5. The molecule has 1 saturated heterocycles. The number of carboxylic acids is 1. The zero-order valence-corrected chi connectivity index (χ0v) is 34.1. The Kier molecular flexibility index (Phi) is 11.1. The van der Waals surface area contributed by atoms with Gasteiger partial charge in [-0.1, -0.05) is 60.6 Å². The molecule has 0 spiro atoms. The van der Waals surface area contributed by atoms with Crippen LogP contribution in [0.4, 0.5) is 0 Å². The second kappa shape index (κ2) is 14.3. The van der Waals surface area contributed by atoms with Crippen molar-refractivity contribution in [2.24, 2.45) is 62.1 Å². The third-order valence-corrected chi connectivity index (χ3v) is 17.5. The fourth-order valence-electron chi connectivity index (χ4n) is 14.9. The number of rotatable bonds is 13. The van der Waals surface area contributed by atoms with Crippen LogP contribution in [-0.4, -0.2) is 60.8 Å². The van der Waals surface area contributed by atoms with Gasteiger partial charge in [-0.05, 0) is 186 Å². The van der Waals surface area contributed by atoms with Crippen LogP contribution in [0.3, 0.4) is 0 Å². The third kappa shape index (κ3) is 7.02. The van der Waals surface area contributed by atoms with Gasteiger partial charge in [-0.15, -0.1) is 0 Å². The quantitative estimate of drug-likeness (QED) is 0.113. The summed E-state index contributed by atoms with van der Waals surface area (Å²) in [6, 6.07) is 0. The average molecular weight is 709 g/mol. The van der Waals surface area contributed by atoms with Gasteiger partial charge in [0.2, 0.25) is 0 Å². The van der Waals surface area contributed by atoms with Crippen LogP contribution in [0.25, 0.3) is 0 Å². The number of nitrogens with zero attached hydrogens (tertiary/aromatic N) is 1. The molecule has 6 heteroatoms. The predicted octanol–water partition coefficient (Wildman–Crippen LogP) is 9.91. The molecule has 0 aromatic heterocycles. The van der Waals surface area contributed by atoms with Gasteiger partial charge in [-0.2, -0.15) is 0 Å². The minimum absolute atomic E-state index is 0.0260. The number of aliphatic carboxylic acids is 1. The number of hydrogen-bond donors (Lipinski definition) is 2. The van der Waals surface area contributed by atoms with E-state index in [0.717, 1.165) is 31.2 Å². The predicted molar refractivity (Wildman–Crippen MR) is 207 cm³/mol. The van der Waals surface area contributed by atoms with Gasteiger partial charge in [0.1, 0.15) is 6.10 Å². The highest BCUT2D eigenvalue weighted by Crippen LogP contribution is 2.78. The lowest BCUT2D eigenvalue weighted by atomic mass is 9.32. The third-order valence-electron chi connectivity index (χ3n) is 17.5. The van der Waals surface area contributed by atoms with E-state index in [2.05, 4.69) is 58.3 Å². The first-order valence-corrected chi connectivity index (χ1v) is 21.4. The number of carboxylic acid groups (broad SMARTS) is 1. The number of fused-ring (bicyclic) bond motifs is 7. The van der Waals surface area contributed by atoms with Crippen LogP contribution in [0.2, 0.25) is 0 Å². The topological polar surface area (TPSA) is 78.9 Å². The van der Waals surface area contributed by atoms with E-state index in [1.807, 2.05) is 13.8 Å². The maximum absolute atomic E-state index is 13.2. The molecule has 10 atom stereocenters. The molecule has 0 aromatic carbocycles. The number of carbonyl (C=O) groups is 2. The van der Waals surface area contributed by atoms with Gasteiger partial charge in [-0.25, -0.2) is 0 Å². The van der Waals surface area contributed by atoms with Gasteiger partial charge in [0.15, 0.2) is 0 Å². The zero-order valence-electron chi connectivity index (χ0n) is 34.1. The summed E-state index contributed by atoms with van der Waals surface area (Å²) >= 11 is 0. The highest BCUT2D eigenvalue weighted by molar-refractivity contribution is 5.73. The van der Waals surface area contributed by atoms with Gasteiger partial charge in [0.25, 0.3) is 0 Å². The fraction of sp³-hybridized carbons (Fsp3) is 0.911. The van der Waals surface area contributed by atoms with Crippen molar-refractivity contribution in [1.29, 1.82) is 0 Å². The number of nitrogens with one attached hydrogen (secondary N) is 1. The zero-order chi connectivity index (χ0) is 37.0. The van der Waals surface area contributed by atoms with Gasteiger partial charge in [0, 0.05) is 5.41 Å². The Morgan fingerprint density at radius 3 is 2.27 bits per heavy atom. The van der Waals surface area contributed by atoms with Crippen molar-refractivity contribution in [1.82, 2.24) is 10.2 Å². The Labute approximate surface area is 312 Å². The van der Waals surface area contributed by atoms with Crippen LogP contribution in [0.5, 0.6) is 0 Å². The summed E-state index contributed by atoms with van der Waals surface area (Å²) in [6.07, 6.45) is 18.1. The molecular formula is C45H76N2O4. The fourth-order valence-corrected chi connectivity index (χ4v) is 14.9. The van der Waals surface area contributed by atoms with E-state index in [-0.39, 0.29) is 35.7 Å². The number of likely N-dealkylation sites (tertiary alicyclic amines) is 1. The number of hydrogen-bond acceptors (Lipinski definition) is 5. The van der Waals surface area contributed by atoms with E-state index >= 15 is 0 Å². The first kappa shape index (κ1) is 39.3.